The Morgan fingerprint density at radius 3 is 2.86 bits per heavy atom. The molecule has 1 aromatic carbocycles. The molecule has 2 aliphatic heterocycles. The van der Waals surface area contributed by atoms with E-state index >= 15 is 0 Å². The van der Waals surface area contributed by atoms with Gasteiger partial charge in [0.05, 0.1) is 24.0 Å². The third-order valence-corrected chi connectivity index (χ3v) is 4.30. The molecule has 0 spiro atoms. The van der Waals surface area contributed by atoms with Crippen LogP contribution in [0.3, 0.4) is 0 Å². The number of methoxy groups -OCH3 is 1. The molecule has 1 amide bonds. The molecule has 2 saturated heterocycles. The Bertz CT molecular complexity index is 590. The number of ether oxygens (including phenoxy) is 1. The molecule has 0 saturated carbocycles. The molecule has 2 heterocycles. The Morgan fingerprint density at radius 2 is 2.29 bits per heavy atom. The molecule has 0 aromatic heterocycles. The lowest BCUT2D eigenvalue weighted by Crippen LogP contribution is -2.33. The van der Waals surface area contributed by atoms with Gasteiger partial charge in [-0.25, -0.2) is 0 Å². The number of amides is 1. The maximum absolute atomic E-state index is 12.3. The fraction of sp³-hybridized carbons (Fsp3) is 0.500. The van der Waals surface area contributed by atoms with Gasteiger partial charge < -0.3 is 15.4 Å². The van der Waals surface area contributed by atoms with Gasteiger partial charge in [-0.1, -0.05) is 0 Å². The predicted octanol–water partition coefficient (Wildman–Crippen LogP) is 1.68. The zero-order valence-electron chi connectivity index (χ0n) is 11.7. The lowest BCUT2D eigenvalue weighted by atomic mass is 9.88. The highest BCUT2D eigenvalue weighted by atomic mass is 16.6. The van der Waals surface area contributed by atoms with E-state index in [4.69, 9.17) is 4.74 Å². The minimum Gasteiger partial charge on any atom is -0.496 e. The number of benzene rings is 1. The highest BCUT2D eigenvalue weighted by molar-refractivity contribution is 5.95. The van der Waals surface area contributed by atoms with E-state index in [1.165, 1.54) is 19.2 Å². The number of hydrogen-bond acceptors (Lipinski definition) is 5. The molecule has 2 bridgehead atoms. The summed E-state index contributed by atoms with van der Waals surface area (Å²) in [6, 6.07) is 5.04. The number of nitrogens with zero attached hydrogens (tertiary/aromatic N) is 1. The van der Waals surface area contributed by atoms with E-state index in [-0.39, 0.29) is 29.2 Å². The van der Waals surface area contributed by atoms with Crippen LogP contribution in [0.5, 0.6) is 5.75 Å². The number of nitro groups is 1. The molecule has 112 valence electrons. The van der Waals surface area contributed by atoms with Crippen LogP contribution in [0.4, 0.5) is 11.4 Å². The standard InChI is InChI=1S/C14H17N3O4/c1-21-9-3-5-12(13(7-9)17(19)20)16-14(18)10-6-8-2-4-11(10)15-8/h3,5,7-8,10-11,15H,2,4,6H2,1H3,(H,16,18). The van der Waals surface area contributed by atoms with Gasteiger partial charge in [0.2, 0.25) is 5.91 Å². The first-order valence-electron chi connectivity index (χ1n) is 6.98. The van der Waals surface area contributed by atoms with Crippen molar-refractivity contribution >= 4 is 17.3 Å². The number of nitro benzene ring substituents is 1. The molecule has 7 heteroatoms. The van der Waals surface area contributed by atoms with Gasteiger partial charge in [-0.05, 0) is 31.4 Å². The van der Waals surface area contributed by atoms with Crippen molar-refractivity contribution in [1.82, 2.24) is 5.32 Å². The van der Waals surface area contributed by atoms with Crippen LogP contribution >= 0.6 is 0 Å². The van der Waals surface area contributed by atoms with Crippen LogP contribution in [0.2, 0.25) is 0 Å². The van der Waals surface area contributed by atoms with Gasteiger partial charge in [-0.2, -0.15) is 0 Å². The lowest BCUT2D eigenvalue weighted by molar-refractivity contribution is -0.384. The number of rotatable bonds is 4. The zero-order valence-corrected chi connectivity index (χ0v) is 11.7. The molecule has 2 fully saturated rings. The smallest absolute Gasteiger partial charge is 0.296 e. The average molecular weight is 291 g/mol. The Labute approximate surface area is 121 Å². The lowest BCUT2D eigenvalue weighted by Gasteiger charge is -2.19. The van der Waals surface area contributed by atoms with Gasteiger partial charge in [-0.15, -0.1) is 0 Å². The molecule has 7 nitrogen and oxygen atoms in total. The highest BCUT2D eigenvalue weighted by Gasteiger charge is 2.43. The molecule has 2 N–H and O–H groups in total. The number of nitrogens with one attached hydrogen (secondary N) is 2. The van der Waals surface area contributed by atoms with Crippen molar-refractivity contribution in [3.63, 3.8) is 0 Å². The summed E-state index contributed by atoms with van der Waals surface area (Å²) >= 11 is 0. The second kappa shape index (κ2) is 5.33. The molecule has 2 aliphatic rings. The van der Waals surface area contributed by atoms with Gasteiger partial charge in [0.25, 0.3) is 5.69 Å². The van der Waals surface area contributed by atoms with Crippen molar-refractivity contribution in [2.45, 2.75) is 31.3 Å². The molecule has 1 aromatic rings. The summed E-state index contributed by atoms with van der Waals surface area (Å²) in [4.78, 5) is 22.9. The van der Waals surface area contributed by atoms with Gasteiger partial charge in [-0.3, -0.25) is 14.9 Å². The monoisotopic (exact) mass is 291 g/mol. The van der Waals surface area contributed by atoms with E-state index in [1.807, 2.05) is 0 Å². The van der Waals surface area contributed by atoms with E-state index in [9.17, 15) is 14.9 Å². The summed E-state index contributed by atoms with van der Waals surface area (Å²) in [6.45, 7) is 0. The summed E-state index contributed by atoms with van der Waals surface area (Å²) in [5.41, 5.74) is 0.0624. The van der Waals surface area contributed by atoms with Crippen LogP contribution in [0, 0.1) is 16.0 Å². The van der Waals surface area contributed by atoms with E-state index in [0.29, 0.717) is 11.8 Å². The fourth-order valence-corrected chi connectivity index (χ4v) is 3.23. The quantitative estimate of drug-likeness (QED) is 0.650. The second-order valence-electron chi connectivity index (χ2n) is 5.52. The number of carbonyl (C=O) groups is 1. The average Bonchev–Trinajstić information content (AvgIpc) is 3.10. The summed E-state index contributed by atoms with van der Waals surface area (Å²) < 4.78 is 4.98. The number of anilines is 1. The number of carbonyl (C=O) groups excluding carboxylic acids is 1. The van der Waals surface area contributed by atoms with Crippen molar-refractivity contribution in [3.05, 3.63) is 28.3 Å². The summed E-state index contributed by atoms with van der Waals surface area (Å²) in [7, 11) is 1.44. The maximum Gasteiger partial charge on any atom is 0.296 e. The van der Waals surface area contributed by atoms with Crippen LogP contribution in [0.1, 0.15) is 19.3 Å². The van der Waals surface area contributed by atoms with Crippen LogP contribution < -0.4 is 15.4 Å². The molecule has 3 atom stereocenters. The number of fused-ring (bicyclic) bond motifs is 2. The first-order valence-corrected chi connectivity index (χ1v) is 6.98. The van der Waals surface area contributed by atoms with Gasteiger partial charge in [0.1, 0.15) is 11.4 Å². The van der Waals surface area contributed by atoms with Crippen molar-refractivity contribution in [2.75, 3.05) is 12.4 Å². The fourth-order valence-electron chi connectivity index (χ4n) is 3.23. The minimum absolute atomic E-state index is 0.106. The third-order valence-electron chi connectivity index (χ3n) is 4.30. The maximum atomic E-state index is 12.3. The van der Waals surface area contributed by atoms with Crippen molar-refractivity contribution < 1.29 is 14.5 Å². The molecular weight excluding hydrogens is 274 g/mol. The van der Waals surface area contributed by atoms with Gasteiger partial charge in [0.15, 0.2) is 0 Å². The molecule has 3 unspecified atom stereocenters. The van der Waals surface area contributed by atoms with E-state index < -0.39 is 4.92 Å². The zero-order chi connectivity index (χ0) is 15.0. The van der Waals surface area contributed by atoms with E-state index in [0.717, 1.165) is 19.3 Å². The van der Waals surface area contributed by atoms with Gasteiger partial charge >= 0.3 is 0 Å². The third kappa shape index (κ3) is 2.56. The van der Waals surface area contributed by atoms with Gasteiger partial charge in [0, 0.05) is 12.1 Å². The van der Waals surface area contributed by atoms with Crippen molar-refractivity contribution in [2.24, 2.45) is 5.92 Å². The normalized spacial score (nSPS) is 26.6. The summed E-state index contributed by atoms with van der Waals surface area (Å²) in [5, 5.41) is 17.2. The highest BCUT2D eigenvalue weighted by Crippen LogP contribution is 2.35. The van der Waals surface area contributed by atoms with Crippen molar-refractivity contribution in [3.8, 4) is 5.75 Å². The van der Waals surface area contributed by atoms with E-state index in [2.05, 4.69) is 10.6 Å². The Balaban J connectivity index is 1.78. The Hall–Kier alpha value is -2.15. The largest absolute Gasteiger partial charge is 0.496 e. The Kier molecular flexibility index (Phi) is 3.50. The molecule has 0 aliphatic carbocycles. The molecule has 0 radical (unpaired) electrons. The topological polar surface area (TPSA) is 93.5 Å². The van der Waals surface area contributed by atoms with Crippen molar-refractivity contribution in [1.29, 1.82) is 0 Å². The molecular formula is C14H17N3O4. The first kappa shape index (κ1) is 13.8. The van der Waals surface area contributed by atoms with Crippen LogP contribution in [-0.4, -0.2) is 30.0 Å². The summed E-state index contributed by atoms with van der Waals surface area (Å²) in [5.74, 6) is 0.134. The SMILES string of the molecule is COc1ccc(NC(=O)C2CC3CCC2N3)c([N+](=O)[O-])c1. The predicted molar refractivity (Wildman–Crippen MR) is 76.3 cm³/mol. The summed E-state index contributed by atoms with van der Waals surface area (Å²) in [6.07, 6.45) is 2.91. The first-order chi connectivity index (χ1) is 10.1. The number of hydrogen-bond donors (Lipinski definition) is 2. The Morgan fingerprint density at radius 1 is 1.48 bits per heavy atom. The van der Waals surface area contributed by atoms with Crippen LogP contribution in [-0.2, 0) is 4.79 Å². The molecule has 21 heavy (non-hydrogen) atoms. The minimum atomic E-state index is -0.517. The second-order valence-corrected chi connectivity index (χ2v) is 5.52. The van der Waals surface area contributed by atoms with Crippen LogP contribution in [0.25, 0.3) is 0 Å². The van der Waals surface area contributed by atoms with E-state index in [1.54, 1.807) is 6.07 Å². The van der Waals surface area contributed by atoms with Crippen LogP contribution in [0.15, 0.2) is 18.2 Å². The molecule has 3 rings (SSSR count).